The smallest absolute Gasteiger partial charge is 0.315 e. The molecule has 4 N–H and O–H groups in total. The monoisotopic (exact) mass is 341 g/mol. The first-order valence-corrected chi connectivity index (χ1v) is 7.60. The Balaban J connectivity index is 2.09. The third-order valence-corrected chi connectivity index (χ3v) is 3.17. The lowest BCUT2D eigenvalue weighted by Crippen LogP contribution is -2.42. The number of aliphatic carboxylic acids is 1. The van der Waals surface area contributed by atoms with Crippen molar-refractivity contribution in [2.75, 3.05) is 13.1 Å². The number of carboxylic acid groups (broad SMARTS) is 1. The van der Waals surface area contributed by atoms with Gasteiger partial charge in [0.05, 0.1) is 6.54 Å². The van der Waals surface area contributed by atoms with Crippen LogP contribution < -0.4 is 16.0 Å². The van der Waals surface area contributed by atoms with E-state index >= 15 is 0 Å². The zero-order chi connectivity index (χ0) is 17.1. The van der Waals surface area contributed by atoms with E-state index in [1.165, 1.54) is 0 Å². The van der Waals surface area contributed by atoms with Crippen molar-refractivity contribution in [3.8, 4) is 0 Å². The van der Waals surface area contributed by atoms with Crippen molar-refractivity contribution in [1.29, 1.82) is 0 Å². The summed E-state index contributed by atoms with van der Waals surface area (Å²) in [5, 5.41) is 16.8. The first kappa shape index (κ1) is 18.8. The second-order valence-corrected chi connectivity index (χ2v) is 5.30. The van der Waals surface area contributed by atoms with Crippen molar-refractivity contribution in [1.82, 2.24) is 16.0 Å². The third kappa shape index (κ3) is 9.36. The number of nitrogens with one attached hydrogen (secondary N) is 3. The molecule has 0 fully saturated rings. The maximum Gasteiger partial charge on any atom is 0.315 e. The molecule has 3 amide bonds. The predicted octanol–water partition coefficient (Wildman–Crippen LogP) is 1.51. The van der Waals surface area contributed by atoms with E-state index in [0.717, 1.165) is 5.56 Å². The van der Waals surface area contributed by atoms with E-state index in [4.69, 9.17) is 16.7 Å². The summed E-state index contributed by atoms with van der Waals surface area (Å²) in [7, 11) is 0. The molecule has 0 heterocycles. The van der Waals surface area contributed by atoms with E-state index in [9.17, 15) is 14.4 Å². The Morgan fingerprint density at radius 1 is 1.00 bits per heavy atom. The number of halogens is 1. The SMILES string of the molecule is O=C(O)CCCCNC(=O)CNC(=O)NCc1ccc(Cl)cc1. The van der Waals surface area contributed by atoms with E-state index in [-0.39, 0.29) is 18.9 Å². The van der Waals surface area contributed by atoms with Crippen molar-refractivity contribution in [3.63, 3.8) is 0 Å². The Kier molecular flexibility index (Phi) is 8.52. The fourth-order valence-corrected chi connectivity index (χ4v) is 1.83. The van der Waals surface area contributed by atoms with Crippen LogP contribution in [0.1, 0.15) is 24.8 Å². The van der Waals surface area contributed by atoms with E-state index in [0.29, 0.717) is 31.0 Å². The number of carboxylic acids is 1. The molecular formula is C15H20ClN3O4. The van der Waals surface area contributed by atoms with Crippen molar-refractivity contribution in [2.24, 2.45) is 0 Å². The van der Waals surface area contributed by atoms with Gasteiger partial charge in [0.2, 0.25) is 5.91 Å². The number of urea groups is 1. The number of carbonyl (C=O) groups is 3. The zero-order valence-corrected chi connectivity index (χ0v) is 13.4. The summed E-state index contributed by atoms with van der Waals surface area (Å²) in [6, 6.07) is 6.61. The minimum atomic E-state index is -0.852. The molecule has 0 saturated heterocycles. The molecule has 0 aromatic heterocycles. The minimum absolute atomic E-state index is 0.0845. The third-order valence-electron chi connectivity index (χ3n) is 2.92. The summed E-state index contributed by atoms with van der Waals surface area (Å²) in [6.45, 7) is 0.589. The molecular weight excluding hydrogens is 322 g/mol. The summed E-state index contributed by atoms with van der Waals surface area (Å²) in [5.74, 6) is -1.17. The number of rotatable bonds is 9. The van der Waals surface area contributed by atoms with Gasteiger partial charge in [-0.05, 0) is 30.5 Å². The van der Waals surface area contributed by atoms with Gasteiger partial charge < -0.3 is 21.1 Å². The van der Waals surface area contributed by atoms with Gasteiger partial charge >= 0.3 is 12.0 Å². The predicted molar refractivity (Wildman–Crippen MR) is 86.2 cm³/mol. The lowest BCUT2D eigenvalue weighted by Gasteiger charge is -2.08. The Bertz CT molecular complexity index is 534. The van der Waals surface area contributed by atoms with Crippen LogP contribution in [0.15, 0.2) is 24.3 Å². The molecule has 7 nitrogen and oxygen atoms in total. The summed E-state index contributed by atoms with van der Waals surface area (Å²) in [5.41, 5.74) is 0.896. The highest BCUT2D eigenvalue weighted by Crippen LogP contribution is 2.08. The van der Waals surface area contributed by atoms with Crippen LogP contribution in [0.3, 0.4) is 0 Å². The first-order chi connectivity index (χ1) is 11.0. The highest BCUT2D eigenvalue weighted by Gasteiger charge is 2.05. The Labute approximate surface area is 139 Å². The van der Waals surface area contributed by atoms with E-state index in [1.807, 2.05) is 0 Å². The van der Waals surface area contributed by atoms with Crippen LogP contribution in [0.25, 0.3) is 0 Å². The molecule has 1 aromatic rings. The molecule has 8 heteroatoms. The van der Waals surface area contributed by atoms with Gasteiger partial charge in [-0.25, -0.2) is 4.79 Å². The fourth-order valence-electron chi connectivity index (χ4n) is 1.70. The molecule has 0 aliphatic rings. The average Bonchev–Trinajstić information content (AvgIpc) is 2.51. The van der Waals surface area contributed by atoms with Gasteiger partial charge in [0, 0.05) is 24.5 Å². The van der Waals surface area contributed by atoms with Crippen LogP contribution in [0, 0.1) is 0 Å². The van der Waals surface area contributed by atoms with Gasteiger partial charge in [0.1, 0.15) is 0 Å². The molecule has 0 radical (unpaired) electrons. The van der Waals surface area contributed by atoms with Crippen LogP contribution in [0.5, 0.6) is 0 Å². The van der Waals surface area contributed by atoms with E-state index in [1.54, 1.807) is 24.3 Å². The normalized spacial score (nSPS) is 9.96. The van der Waals surface area contributed by atoms with Gasteiger partial charge in [-0.1, -0.05) is 23.7 Å². The van der Waals surface area contributed by atoms with Gasteiger partial charge in [0.15, 0.2) is 0 Å². The summed E-state index contributed by atoms with van der Waals surface area (Å²) >= 11 is 5.76. The van der Waals surface area contributed by atoms with Gasteiger partial charge in [-0.2, -0.15) is 0 Å². The van der Waals surface area contributed by atoms with E-state index in [2.05, 4.69) is 16.0 Å². The fraction of sp³-hybridized carbons (Fsp3) is 0.400. The number of unbranched alkanes of at least 4 members (excludes halogenated alkanes) is 1. The second kappa shape index (κ2) is 10.4. The molecule has 0 atom stereocenters. The molecule has 1 aromatic carbocycles. The molecule has 0 aliphatic carbocycles. The Hall–Kier alpha value is -2.28. The zero-order valence-electron chi connectivity index (χ0n) is 12.6. The number of carbonyl (C=O) groups excluding carboxylic acids is 2. The minimum Gasteiger partial charge on any atom is -0.481 e. The largest absolute Gasteiger partial charge is 0.481 e. The summed E-state index contributed by atoms with van der Waals surface area (Å²) in [6.07, 6.45) is 1.17. The standard InChI is InChI=1S/C15H20ClN3O4/c16-12-6-4-11(5-7-12)9-18-15(23)19-10-13(20)17-8-2-1-3-14(21)22/h4-7H,1-3,8-10H2,(H,17,20)(H,21,22)(H2,18,19,23). The number of hydrogen-bond donors (Lipinski definition) is 4. The molecule has 1 rings (SSSR count). The lowest BCUT2D eigenvalue weighted by molar-refractivity contribution is -0.137. The van der Waals surface area contributed by atoms with Crippen molar-refractivity contribution in [2.45, 2.75) is 25.8 Å². The molecule has 126 valence electrons. The van der Waals surface area contributed by atoms with E-state index < -0.39 is 12.0 Å². The highest BCUT2D eigenvalue weighted by molar-refractivity contribution is 6.30. The summed E-state index contributed by atoms with van der Waals surface area (Å²) in [4.78, 5) is 33.3. The van der Waals surface area contributed by atoms with Crippen molar-refractivity contribution >= 4 is 29.5 Å². The quantitative estimate of drug-likeness (QED) is 0.510. The molecule has 23 heavy (non-hydrogen) atoms. The van der Waals surface area contributed by atoms with Crippen LogP contribution >= 0.6 is 11.6 Å². The Morgan fingerprint density at radius 2 is 1.70 bits per heavy atom. The molecule has 0 unspecified atom stereocenters. The van der Waals surface area contributed by atoms with Gasteiger partial charge in [-0.15, -0.1) is 0 Å². The van der Waals surface area contributed by atoms with Crippen molar-refractivity contribution in [3.05, 3.63) is 34.9 Å². The number of amides is 3. The molecule has 0 bridgehead atoms. The topological polar surface area (TPSA) is 108 Å². The van der Waals surface area contributed by atoms with Crippen LogP contribution in [-0.4, -0.2) is 36.1 Å². The molecule has 0 spiro atoms. The Morgan fingerprint density at radius 3 is 2.35 bits per heavy atom. The average molecular weight is 342 g/mol. The maximum absolute atomic E-state index is 11.5. The second-order valence-electron chi connectivity index (χ2n) is 4.86. The van der Waals surface area contributed by atoms with Crippen LogP contribution in [-0.2, 0) is 16.1 Å². The van der Waals surface area contributed by atoms with Gasteiger partial charge in [-0.3, -0.25) is 9.59 Å². The highest BCUT2D eigenvalue weighted by atomic mass is 35.5. The van der Waals surface area contributed by atoms with Gasteiger partial charge in [0.25, 0.3) is 0 Å². The van der Waals surface area contributed by atoms with Crippen LogP contribution in [0.4, 0.5) is 4.79 Å². The molecule has 0 aliphatic heterocycles. The lowest BCUT2D eigenvalue weighted by atomic mass is 10.2. The first-order valence-electron chi connectivity index (χ1n) is 7.22. The van der Waals surface area contributed by atoms with Crippen molar-refractivity contribution < 1.29 is 19.5 Å². The number of hydrogen-bond acceptors (Lipinski definition) is 3. The summed E-state index contributed by atoms with van der Waals surface area (Å²) < 4.78 is 0. The maximum atomic E-state index is 11.5. The number of benzene rings is 1. The molecule has 0 saturated carbocycles. The van der Waals surface area contributed by atoms with Crippen LogP contribution in [0.2, 0.25) is 5.02 Å².